The summed E-state index contributed by atoms with van der Waals surface area (Å²) in [6.45, 7) is 1.97. The molecule has 96 valence electrons. The Hall–Kier alpha value is -0.780. The highest BCUT2D eigenvalue weighted by Crippen LogP contribution is 2.37. The number of aromatic hydroxyl groups is 1. The quantitative estimate of drug-likeness (QED) is 0.780. The van der Waals surface area contributed by atoms with Crippen molar-refractivity contribution in [3.05, 3.63) is 22.2 Å². The number of nitrogens with two attached hydrogens (primary N) is 1. The Kier molecular flexibility index (Phi) is 5.24. The number of aliphatic hydroxyl groups is 1. The molecule has 0 aliphatic carbocycles. The third kappa shape index (κ3) is 3.34. The largest absolute Gasteiger partial charge is 0.504 e. The van der Waals surface area contributed by atoms with E-state index in [1.807, 2.05) is 6.92 Å². The van der Waals surface area contributed by atoms with E-state index in [2.05, 4.69) is 15.9 Å². The summed E-state index contributed by atoms with van der Waals surface area (Å²) in [5.41, 5.74) is 6.42. The minimum atomic E-state index is -0.676. The molecule has 0 aromatic heterocycles. The number of hydrogen-bond donors (Lipinski definition) is 3. The van der Waals surface area contributed by atoms with Crippen LogP contribution in [0.25, 0.3) is 0 Å². The molecule has 0 spiro atoms. The molecule has 4 N–H and O–H groups in total. The molecule has 17 heavy (non-hydrogen) atoms. The Morgan fingerprint density at radius 1 is 1.47 bits per heavy atom. The second kappa shape index (κ2) is 6.23. The Morgan fingerprint density at radius 3 is 2.65 bits per heavy atom. The van der Waals surface area contributed by atoms with Gasteiger partial charge in [-0.1, -0.05) is 29.3 Å². The summed E-state index contributed by atoms with van der Waals surface area (Å²) in [7, 11) is 1.47. The van der Waals surface area contributed by atoms with Crippen LogP contribution >= 0.6 is 15.9 Å². The van der Waals surface area contributed by atoms with Gasteiger partial charge in [0.25, 0.3) is 0 Å². The van der Waals surface area contributed by atoms with Crippen LogP contribution in [0.5, 0.6) is 11.5 Å². The molecule has 0 aliphatic rings. The maximum atomic E-state index is 9.96. The molecular formula is C12H18BrNO3. The van der Waals surface area contributed by atoms with Crippen LogP contribution in [0.15, 0.2) is 16.6 Å². The summed E-state index contributed by atoms with van der Waals surface area (Å²) in [4.78, 5) is 0. The fourth-order valence-electron chi connectivity index (χ4n) is 1.69. The van der Waals surface area contributed by atoms with E-state index in [4.69, 9.17) is 10.5 Å². The topological polar surface area (TPSA) is 75.7 Å². The monoisotopic (exact) mass is 303 g/mol. The van der Waals surface area contributed by atoms with Crippen molar-refractivity contribution >= 4 is 15.9 Å². The van der Waals surface area contributed by atoms with Gasteiger partial charge in [-0.2, -0.15) is 0 Å². The highest BCUT2D eigenvalue weighted by Gasteiger charge is 2.21. The van der Waals surface area contributed by atoms with Gasteiger partial charge in [0.05, 0.1) is 19.3 Å². The number of benzene rings is 1. The Balaban J connectivity index is 3.08. The lowest BCUT2D eigenvalue weighted by Gasteiger charge is -2.21. The lowest BCUT2D eigenvalue weighted by atomic mass is 9.98. The van der Waals surface area contributed by atoms with Gasteiger partial charge in [0.1, 0.15) is 0 Å². The van der Waals surface area contributed by atoms with Gasteiger partial charge in [-0.25, -0.2) is 0 Å². The van der Waals surface area contributed by atoms with Crippen molar-refractivity contribution in [1.29, 1.82) is 0 Å². The Morgan fingerprint density at radius 2 is 2.12 bits per heavy atom. The maximum Gasteiger partial charge on any atom is 0.162 e. The first-order valence-corrected chi connectivity index (χ1v) is 6.30. The first-order valence-electron chi connectivity index (χ1n) is 5.51. The van der Waals surface area contributed by atoms with Crippen LogP contribution in [0.3, 0.4) is 0 Å². The lowest BCUT2D eigenvalue weighted by molar-refractivity contribution is 0.133. The minimum absolute atomic E-state index is 0.0154. The van der Waals surface area contributed by atoms with Gasteiger partial charge in [0.15, 0.2) is 11.5 Å². The average molecular weight is 304 g/mol. The van der Waals surface area contributed by atoms with Gasteiger partial charge in [-0.05, 0) is 18.6 Å². The van der Waals surface area contributed by atoms with Crippen molar-refractivity contribution in [2.45, 2.75) is 31.9 Å². The predicted octanol–water partition coefficient (Wildman–Crippen LogP) is 2.32. The molecule has 0 unspecified atom stereocenters. The number of hydrogen-bond acceptors (Lipinski definition) is 4. The van der Waals surface area contributed by atoms with E-state index >= 15 is 0 Å². The van der Waals surface area contributed by atoms with E-state index in [0.717, 1.165) is 10.9 Å². The number of methoxy groups -OCH3 is 1. The van der Waals surface area contributed by atoms with E-state index in [1.165, 1.54) is 7.11 Å². The standard InChI is InChI=1S/C12H18BrNO3/c1-3-4-9(15)11(14)8-5-7(13)6-10(17-2)12(8)16/h5-6,9,11,15-16H,3-4,14H2,1-2H3/t9-,11+/m1/s1. The molecule has 5 heteroatoms. The second-order valence-corrected chi connectivity index (χ2v) is 4.84. The van der Waals surface area contributed by atoms with Crippen LogP contribution in [0.4, 0.5) is 0 Å². The Bertz CT molecular complexity index is 384. The number of aliphatic hydroxyl groups excluding tert-OH is 1. The van der Waals surface area contributed by atoms with Crippen molar-refractivity contribution in [2.24, 2.45) is 5.73 Å². The number of rotatable bonds is 5. The molecule has 0 bridgehead atoms. The lowest BCUT2D eigenvalue weighted by Crippen LogP contribution is -2.26. The molecule has 0 heterocycles. The van der Waals surface area contributed by atoms with E-state index in [0.29, 0.717) is 17.7 Å². The number of ether oxygens (including phenoxy) is 1. The van der Waals surface area contributed by atoms with E-state index in [9.17, 15) is 10.2 Å². The molecule has 0 amide bonds. The van der Waals surface area contributed by atoms with Gasteiger partial charge in [0, 0.05) is 10.0 Å². The first kappa shape index (κ1) is 14.3. The van der Waals surface area contributed by atoms with E-state index in [1.54, 1.807) is 12.1 Å². The van der Waals surface area contributed by atoms with E-state index in [-0.39, 0.29) is 5.75 Å². The molecule has 1 aromatic rings. The summed E-state index contributed by atoms with van der Waals surface area (Å²) in [5.74, 6) is 0.326. The summed E-state index contributed by atoms with van der Waals surface area (Å²) < 4.78 is 5.79. The number of halogens is 1. The third-order valence-electron chi connectivity index (χ3n) is 2.65. The van der Waals surface area contributed by atoms with Crippen LogP contribution in [-0.2, 0) is 0 Å². The maximum absolute atomic E-state index is 9.96. The number of phenols is 1. The summed E-state index contributed by atoms with van der Waals surface area (Å²) in [6.07, 6.45) is 0.751. The van der Waals surface area contributed by atoms with Crippen molar-refractivity contribution in [2.75, 3.05) is 7.11 Å². The zero-order chi connectivity index (χ0) is 13.0. The molecule has 0 fully saturated rings. The molecule has 0 aliphatic heterocycles. The molecule has 0 radical (unpaired) electrons. The predicted molar refractivity (Wildman–Crippen MR) is 70.2 cm³/mol. The normalized spacial score (nSPS) is 14.4. The summed E-state index contributed by atoms with van der Waals surface area (Å²) in [5, 5.41) is 19.8. The molecule has 1 rings (SSSR count). The summed E-state index contributed by atoms with van der Waals surface area (Å²) in [6, 6.07) is 2.72. The van der Waals surface area contributed by atoms with Crippen LogP contribution < -0.4 is 10.5 Å². The highest BCUT2D eigenvalue weighted by molar-refractivity contribution is 9.10. The van der Waals surface area contributed by atoms with E-state index < -0.39 is 12.1 Å². The van der Waals surface area contributed by atoms with Crippen LogP contribution in [0.1, 0.15) is 31.4 Å². The van der Waals surface area contributed by atoms with Gasteiger partial charge in [-0.3, -0.25) is 0 Å². The number of phenolic OH excluding ortho intramolecular Hbond substituents is 1. The Labute approximate surface area is 110 Å². The average Bonchev–Trinajstić information content (AvgIpc) is 2.31. The molecule has 2 atom stereocenters. The minimum Gasteiger partial charge on any atom is -0.504 e. The van der Waals surface area contributed by atoms with Gasteiger partial charge in [-0.15, -0.1) is 0 Å². The second-order valence-electron chi connectivity index (χ2n) is 3.93. The van der Waals surface area contributed by atoms with Crippen LogP contribution in [0.2, 0.25) is 0 Å². The van der Waals surface area contributed by atoms with Crippen molar-refractivity contribution in [3.63, 3.8) is 0 Å². The molecular weight excluding hydrogens is 286 g/mol. The zero-order valence-corrected chi connectivity index (χ0v) is 11.6. The molecule has 1 aromatic carbocycles. The highest BCUT2D eigenvalue weighted by atomic mass is 79.9. The van der Waals surface area contributed by atoms with Gasteiger partial charge < -0.3 is 20.7 Å². The van der Waals surface area contributed by atoms with Crippen molar-refractivity contribution in [1.82, 2.24) is 0 Å². The van der Waals surface area contributed by atoms with Crippen molar-refractivity contribution in [3.8, 4) is 11.5 Å². The fraction of sp³-hybridized carbons (Fsp3) is 0.500. The molecule has 0 saturated heterocycles. The molecule has 4 nitrogen and oxygen atoms in total. The van der Waals surface area contributed by atoms with Gasteiger partial charge >= 0.3 is 0 Å². The fourth-order valence-corrected chi connectivity index (χ4v) is 2.14. The van der Waals surface area contributed by atoms with Gasteiger partial charge in [0.2, 0.25) is 0 Å². The SMILES string of the molecule is CCC[C@@H](O)[C@@H](N)c1cc(Br)cc(OC)c1O. The van der Waals surface area contributed by atoms with Crippen molar-refractivity contribution < 1.29 is 14.9 Å². The zero-order valence-electron chi connectivity index (χ0n) is 9.98. The molecule has 0 saturated carbocycles. The smallest absolute Gasteiger partial charge is 0.162 e. The van der Waals surface area contributed by atoms with Crippen LogP contribution in [0, 0.1) is 0 Å². The first-order chi connectivity index (χ1) is 8.01. The van der Waals surface area contributed by atoms with Crippen LogP contribution in [-0.4, -0.2) is 23.4 Å². The summed E-state index contributed by atoms with van der Waals surface area (Å²) >= 11 is 3.32. The third-order valence-corrected chi connectivity index (χ3v) is 3.11.